The first kappa shape index (κ1) is 13.6. The van der Waals surface area contributed by atoms with Gasteiger partial charge in [0.15, 0.2) is 0 Å². The van der Waals surface area contributed by atoms with E-state index in [1.165, 1.54) is 4.88 Å². The molecule has 1 saturated heterocycles. The van der Waals surface area contributed by atoms with Crippen LogP contribution >= 0.6 is 11.3 Å². The molecule has 0 aromatic carbocycles. The van der Waals surface area contributed by atoms with Gasteiger partial charge in [0.25, 0.3) is 0 Å². The molecule has 1 fully saturated rings. The molecular weight excluding hydrogens is 244 g/mol. The Bertz CT molecular complexity index is 383. The van der Waals surface area contributed by atoms with Gasteiger partial charge in [0.05, 0.1) is 11.5 Å². The van der Waals surface area contributed by atoms with Crippen LogP contribution in [0.25, 0.3) is 0 Å². The van der Waals surface area contributed by atoms with Gasteiger partial charge in [-0.2, -0.15) is 0 Å². The van der Waals surface area contributed by atoms with Crippen molar-refractivity contribution in [3.05, 3.63) is 22.4 Å². The van der Waals surface area contributed by atoms with Crippen LogP contribution in [-0.2, 0) is 4.79 Å². The molecule has 2 rings (SSSR count). The minimum absolute atomic E-state index is 0.117. The van der Waals surface area contributed by atoms with Crippen LogP contribution in [0.4, 0.5) is 0 Å². The second kappa shape index (κ2) is 5.85. The van der Waals surface area contributed by atoms with Gasteiger partial charge >= 0.3 is 0 Å². The van der Waals surface area contributed by atoms with Crippen molar-refractivity contribution in [2.75, 3.05) is 13.1 Å². The maximum absolute atomic E-state index is 12.5. The summed E-state index contributed by atoms with van der Waals surface area (Å²) in [4.78, 5) is 13.7. The van der Waals surface area contributed by atoms with Crippen molar-refractivity contribution in [1.82, 2.24) is 10.6 Å². The van der Waals surface area contributed by atoms with Gasteiger partial charge in [-0.05, 0) is 37.8 Å². The van der Waals surface area contributed by atoms with Crippen molar-refractivity contribution in [2.45, 2.75) is 39.2 Å². The SMILES string of the molecule is CCCC1(C(=O)N[C@H](C)c2cccs2)CCNC1. The summed E-state index contributed by atoms with van der Waals surface area (Å²) in [5.74, 6) is 0.218. The largest absolute Gasteiger partial charge is 0.348 e. The molecule has 0 radical (unpaired) electrons. The lowest BCUT2D eigenvalue weighted by atomic mass is 9.81. The highest BCUT2D eigenvalue weighted by Gasteiger charge is 2.40. The van der Waals surface area contributed by atoms with E-state index in [9.17, 15) is 4.79 Å². The predicted molar refractivity (Wildman–Crippen MR) is 75.7 cm³/mol. The lowest BCUT2D eigenvalue weighted by Gasteiger charge is -2.28. The standard InChI is InChI=1S/C14H22N2OS/c1-3-6-14(7-8-15-10-14)13(17)16-11(2)12-5-4-9-18-12/h4-5,9,11,15H,3,6-8,10H2,1-2H3,(H,16,17)/t11-,14?/m1/s1. The summed E-state index contributed by atoms with van der Waals surface area (Å²) < 4.78 is 0. The zero-order chi connectivity index (χ0) is 13.0. The summed E-state index contributed by atoms with van der Waals surface area (Å²) in [7, 11) is 0. The molecule has 0 saturated carbocycles. The van der Waals surface area contributed by atoms with Crippen LogP contribution in [0.1, 0.15) is 44.0 Å². The molecule has 1 amide bonds. The van der Waals surface area contributed by atoms with Gasteiger partial charge in [0.2, 0.25) is 5.91 Å². The van der Waals surface area contributed by atoms with Crippen molar-refractivity contribution in [3.8, 4) is 0 Å². The van der Waals surface area contributed by atoms with E-state index < -0.39 is 0 Å². The number of nitrogens with one attached hydrogen (secondary N) is 2. The highest BCUT2D eigenvalue weighted by molar-refractivity contribution is 7.10. The third-order valence-corrected chi connectivity index (χ3v) is 4.83. The summed E-state index contributed by atoms with van der Waals surface area (Å²) in [6.07, 6.45) is 3.00. The molecule has 4 heteroatoms. The molecule has 1 unspecified atom stereocenters. The molecule has 18 heavy (non-hydrogen) atoms. The minimum Gasteiger partial charge on any atom is -0.348 e. The number of carbonyl (C=O) groups is 1. The van der Waals surface area contributed by atoms with Gasteiger partial charge in [-0.3, -0.25) is 4.79 Å². The highest BCUT2D eigenvalue weighted by atomic mass is 32.1. The van der Waals surface area contributed by atoms with Gasteiger partial charge in [-0.15, -0.1) is 11.3 Å². The molecule has 1 aliphatic heterocycles. The highest BCUT2D eigenvalue weighted by Crippen LogP contribution is 2.32. The lowest BCUT2D eigenvalue weighted by molar-refractivity contribution is -0.131. The summed E-state index contributed by atoms with van der Waals surface area (Å²) in [6, 6.07) is 4.23. The van der Waals surface area contributed by atoms with Gasteiger partial charge in [-0.25, -0.2) is 0 Å². The third-order valence-electron chi connectivity index (χ3n) is 3.77. The molecule has 2 atom stereocenters. The van der Waals surface area contributed by atoms with Crippen molar-refractivity contribution in [1.29, 1.82) is 0 Å². The van der Waals surface area contributed by atoms with Crippen molar-refractivity contribution < 1.29 is 4.79 Å². The maximum Gasteiger partial charge on any atom is 0.228 e. The van der Waals surface area contributed by atoms with E-state index in [4.69, 9.17) is 0 Å². The van der Waals surface area contributed by atoms with E-state index in [1.807, 2.05) is 6.07 Å². The fourth-order valence-corrected chi connectivity index (χ4v) is 3.44. The van der Waals surface area contributed by atoms with Crippen LogP contribution in [0.2, 0.25) is 0 Å². The summed E-state index contributed by atoms with van der Waals surface area (Å²) in [5, 5.41) is 8.56. The Balaban J connectivity index is 2.01. The first-order chi connectivity index (χ1) is 8.68. The maximum atomic E-state index is 12.5. The van der Waals surface area contributed by atoms with E-state index in [0.29, 0.717) is 0 Å². The second-order valence-electron chi connectivity index (χ2n) is 5.17. The molecule has 3 nitrogen and oxygen atoms in total. The molecule has 1 aromatic rings. The molecule has 100 valence electrons. The van der Waals surface area contributed by atoms with E-state index in [-0.39, 0.29) is 17.4 Å². The zero-order valence-electron chi connectivity index (χ0n) is 11.2. The Morgan fingerprint density at radius 2 is 2.50 bits per heavy atom. The van der Waals surface area contributed by atoms with Crippen molar-refractivity contribution in [2.24, 2.45) is 5.41 Å². The fraction of sp³-hybridized carbons (Fsp3) is 0.643. The Morgan fingerprint density at radius 3 is 3.06 bits per heavy atom. The number of hydrogen-bond acceptors (Lipinski definition) is 3. The van der Waals surface area contributed by atoms with Gasteiger partial charge in [0.1, 0.15) is 0 Å². The van der Waals surface area contributed by atoms with E-state index in [0.717, 1.165) is 32.4 Å². The van der Waals surface area contributed by atoms with Crippen molar-refractivity contribution >= 4 is 17.2 Å². The topological polar surface area (TPSA) is 41.1 Å². The summed E-state index contributed by atoms with van der Waals surface area (Å²) in [6.45, 7) is 5.99. The quantitative estimate of drug-likeness (QED) is 0.860. The Labute approximate surface area is 113 Å². The van der Waals surface area contributed by atoms with E-state index in [2.05, 4.69) is 35.9 Å². The van der Waals surface area contributed by atoms with Crippen LogP contribution in [0, 0.1) is 5.41 Å². The first-order valence-electron chi connectivity index (χ1n) is 6.73. The first-order valence-corrected chi connectivity index (χ1v) is 7.61. The van der Waals surface area contributed by atoms with Crippen LogP contribution in [0.3, 0.4) is 0 Å². The van der Waals surface area contributed by atoms with Crippen LogP contribution in [0.15, 0.2) is 17.5 Å². The Kier molecular flexibility index (Phi) is 4.40. The fourth-order valence-electron chi connectivity index (χ4n) is 2.70. The van der Waals surface area contributed by atoms with Crippen LogP contribution in [-0.4, -0.2) is 19.0 Å². The van der Waals surface area contributed by atoms with Crippen molar-refractivity contribution in [3.63, 3.8) is 0 Å². The summed E-state index contributed by atoms with van der Waals surface area (Å²) >= 11 is 1.70. The normalized spacial score (nSPS) is 25.0. The van der Waals surface area contributed by atoms with E-state index >= 15 is 0 Å². The number of amides is 1. The second-order valence-corrected chi connectivity index (χ2v) is 6.15. The zero-order valence-corrected chi connectivity index (χ0v) is 12.0. The molecule has 0 bridgehead atoms. The number of carbonyl (C=O) groups excluding carboxylic acids is 1. The molecule has 0 spiro atoms. The molecule has 1 aliphatic rings. The third kappa shape index (κ3) is 2.75. The number of rotatable bonds is 5. The van der Waals surface area contributed by atoms with E-state index in [1.54, 1.807) is 11.3 Å². The average Bonchev–Trinajstić information content (AvgIpc) is 3.00. The molecular formula is C14H22N2OS. The molecule has 2 heterocycles. The Hall–Kier alpha value is -0.870. The summed E-state index contributed by atoms with van der Waals surface area (Å²) in [5.41, 5.74) is -0.180. The van der Waals surface area contributed by atoms with Gasteiger partial charge < -0.3 is 10.6 Å². The monoisotopic (exact) mass is 266 g/mol. The molecule has 2 N–H and O–H groups in total. The smallest absolute Gasteiger partial charge is 0.228 e. The van der Waals surface area contributed by atoms with Gasteiger partial charge in [0, 0.05) is 11.4 Å². The van der Waals surface area contributed by atoms with Gasteiger partial charge in [-0.1, -0.05) is 19.4 Å². The number of hydrogen-bond donors (Lipinski definition) is 2. The molecule has 0 aliphatic carbocycles. The van der Waals surface area contributed by atoms with Crippen LogP contribution in [0.5, 0.6) is 0 Å². The van der Waals surface area contributed by atoms with Crippen LogP contribution < -0.4 is 10.6 Å². The predicted octanol–water partition coefficient (Wildman–Crippen LogP) is 2.71. The lowest BCUT2D eigenvalue weighted by Crippen LogP contribution is -2.43. The number of thiophene rings is 1. The average molecular weight is 266 g/mol. The minimum atomic E-state index is -0.180. The molecule has 1 aromatic heterocycles. The Morgan fingerprint density at radius 1 is 1.67 bits per heavy atom.